The molecule has 0 saturated carbocycles. The van der Waals surface area contributed by atoms with E-state index in [-0.39, 0.29) is 5.91 Å². The summed E-state index contributed by atoms with van der Waals surface area (Å²) >= 11 is 9.23. The van der Waals surface area contributed by atoms with E-state index >= 15 is 0 Å². The molecule has 5 heteroatoms. The predicted molar refractivity (Wildman–Crippen MR) is 88.8 cm³/mol. The molecule has 104 valence electrons. The Morgan fingerprint density at radius 3 is 2.62 bits per heavy atom. The maximum atomic E-state index is 12.3. The Morgan fingerprint density at radius 2 is 1.81 bits per heavy atom. The molecule has 0 aliphatic heterocycles. The van der Waals surface area contributed by atoms with Crippen LogP contribution in [0.3, 0.4) is 0 Å². The summed E-state index contributed by atoms with van der Waals surface area (Å²) in [7, 11) is 0. The SMILES string of the molecule is O=C(Nc1ccnc(Cl)c1)c1ccc2cc(Br)ccc2c1. The van der Waals surface area contributed by atoms with Gasteiger partial charge in [-0.3, -0.25) is 4.79 Å². The van der Waals surface area contributed by atoms with Gasteiger partial charge < -0.3 is 5.32 Å². The number of nitrogens with one attached hydrogen (secondary N) is 1. The van der Waals surface area contributed by atoms with E-state index in [2.05, 4.69) is 26.2 Å². The van der Waals surface area contributed by atoms with Gasteiger partial charge in [-0.05, 0) is 47.2 Å². The second-order valence-electron chi connectivity index (χ2n) is 4.53. The highest BCUT2D eigenvalue weighted by Gasteiger charge is 2.07. The number of pyridine rings is 1. The molecule has 0 aliphatic carbocycles. The Hall–Kier alpha value is -1.91. The summed E-state index contributed by atoms with van der Waals surface area (Å²) in [5, 5.41) is 5.24. The van der Waals surface area contributed by atoms with Crippen molar-refractivity contribution in [2.24, 2.45) is 0 Å². The lowest BCUT2D eigenvalue weighted by molar-refractivity contribution is 0.102. The molecule has 1 aromatic heterocycles. The number of aromatic nitrogens is 1. The minimum Gasteiger partial charge on any atom is -0.322 e. The van der Waals surface area contributed by atoms with Gasteiger partial charge in [0, 0.05) is 21.9 Å². The van der Waals surface area contributed by atoms with E-state index in [0.717, 1.165) is 15.2 Å². The Bertz CT molecular complexity index is 835. The van der Waals surface area contributed by atoms with Crippen molar-refractivity contribution in [3.05, 3.63) is 69.9 Å². The fraction of sp³-hybridized carbons (Fsp3) is 0. The molecule has 1 amide bonds. The zero-order valence-corrected chi connectivity index (χ0v) is 13.1. The summed E-state index contributed by atoms with van der Waals surface area (Å²) in [6.45, 7) is 0. The van der Waals surface area contributed by atoms with E-state index in [1.54, 1.807) is 24.4 Å². The largest absolute Gasteiger partial charge is 0.322 e. The molecule has 3 nitrogen and oxygen atoms in total. The zero-order valence-electron chi connectivity index (χ0n) is 10.8. The topological polar surface area (TPSA) is 42.0 Å². The maximum Gasteiger partial charge on any atom is 0.255 e. The number of amides is 1. The number of hydrogen-bond acceptors (Lipinski definition) is 2. The predicted octanol–water partition coefficient (Wildman–Crippen LogP) is 4.90. The summed E-state index contributed by atoms with van der Waals surface area (Å²) in [5.74, 6) is -0.179. The molecule has 3 aromatic rings. The van der Waals surface area contributed by atoms with Crippen molar-refractivity contribution in [2.45, 2.75) is 0 Å². The highest BCUT2D eigenvalue weighted by Crippen LogP contribution is 2.21. The smallest absolute Gasteiger partial charge is 0.255 e. The Balaban J connectivity index is 1.89. The molecule has 0 bridgehead atoms. The van der Waals surface area contributed by atoms with Crippen molar-refractivity contribution in [1.29, 1.82) is 0 Å². The molecule has 0 saturated heterocycles. The number of hydrogen-bond donors (Lipinski definition) is 1. The van der Waals surface area contributed by atoms with Crippen molar-refractivity contribution in [3.63, 3.8) is 0 Å². The van der Waals surface area contributed by atoms with Gasteiger partial charge in [0.2, 0.25) is 0 Å². The number of halogens is 2. The molecule has 1 N–H and O–H groups in total. The van der Waals surface area contributed by atoms with Crippen molar-refractivity contribution in [1.82, 2.24) is 4.98 Å². The van der Waals surface area contributed by atoms with Crippen LogP contribution in [0.5, 0.6) is 0 Å². The molecular formula is C16H10BrClN2O. The Labute approximate surface area is 135 Å². The second kappa shape index (κ2) is 5.84. The molecule has 0 radical (unpaired) electrons. The van der Waals surface area contributed by atoms with Gasteiger partial charge in [0.1, 0.15) is 5.15 Å². The van der Waals surface area contributed by atoms with Crippen LogP contribution in [0, 0.1) is 0 Å². The Morgan fingerprint density at radius 1 is 1.05 bits per heavy atom. The average Bonchev–Trinajstić information content (AvgIpc) is 2.46. The van der Waals surface area contributed by atoms with Crippen LogP contribution in [0.15, 0.2) is 59.2 Å². The molecule has 0 fully saturated rings. The van der Waals surface area contributed by atoms with E-state index in [1.165, 1.54) is 0 Å². The first kappa shape index (κ1) is 14.0. The van der Waals surface area contributed by atoms with E-state index in [0.29, 0.717) is 16.4 Å². The van der Waals surface area contributed by atoms with Crippen LogP contribution in [0.1, 0.15) is 10.4 Å². The van der Waals surface area contributed by atoms with Crippen molar-refractivity contribution in [2.75, 3.05) is 5.32 Å². The van der Waals surface area contributed by atoms with Crippen LogP contribution in [0.25, 0.3) is 10.8 Å². The summed E-state index contributed by atoms with van der Waals surface area (Å²) < 4.78 is 1.01. The van der Waals surface area contributed by atoms with E-state index in [9.17, 15) is 4.79 Å². The lowest BCUT2D eigenvalue weighted by Crippen LogP contribution is -2.11. The summed E-state index contributed by atoms with van der Waals surface area (Å²) in [5.41, 5.74) is 1.22. The van der Waals surface area contributed by atoms with Crippen molar-refractivity contribution in [3.8, 4) is 0 Å². The van der Waals surface area contributed by atoms with Gasteiger partial charge in [0.05, 0.1) is 0 Å². The van der Waals surface area contributed by atoms with Crippen molar-refractivity contribution < 1.29 is 4.79 Å². The minimum atomic E-state index is -0.179. The number of carbonyl (C=O) groups excluding carboxylic acids is 1. The molecule has 2 aromatic carbocycles. The summed E-state index contributed by atoms with van der Waals surface area (Å²) in [6.07, 6.45) is 1.55. The van der Waals surface area contributed by atoms with Gasteiger partial charge in [-0.2, -0.15) is 0 Å². The molecule has 0 aliphatic rings. The van der Waals surface area contributed by atoms with Crippen LogP contribution < -0.4 is 5.32 Å². The monoisotopic (exact) mass is 360 g/mol. The third kappa shape index (κ3) is 3.23. The number of carbonyl (C=O) groups is 1. The van der Waals surface area contributed by atoms with Gasteiger partial charge in [0.15, 0.2) is 0 Å². The highest BCUT2D eigenvalue weighted by atomic mass is 79.9. The molecule has 3 rings (SSSR count). The van der Waals surface area contributed by atoms with E-state index < -0.39 is 0 Å². The lowest BCUT2D eigenvalue weighted by atomic mass is 10.1. The third-order valence-electron chi connectivity index (χ3n) is 3.05. The number of anilines is 1. The first-order valence-corrected chi connectivity index (χ1v) is 7.41. The first-order chi connectivity index (χ1) is 10.1. The van der Waals surface area contributed by atoms with Gasteiger partial charge >= 0.3 is 0 Å². The Kier molecular flexibility index (Phi) is 3.90. The zero-order chi connectivity index (χ0) is 14.8. The number of nitrogens with zero attached hydrogens (tertiary/aromatic N) is 1. The number of fused-ring (bicyclic) bond motifs is 1. The minimum absolute atomic E-state index is 0.179. The number of rotatable bonds is 2. The van der Waals surface area contributed by atoms with Crippen LogP contribution in [0.2, 0.25) is 5.15 Å². The molecule has 0 atom stereocenters. The molecule has 0 unspecified atom stereocenters. The number of benzene rings is 2. The van der Waals surface area contributed by atoms with E-state index in [1.807, 2.05) is 30.3 Å². The molecule has 0 spiro atoms. The summed E-state index contributed by atoms with van der Waals surface area (Å²) in [6, 6.07) is 14.8. The standard InChI is InChI=1S/C16H10BrClN2O/c17-13-4-3-10-7-12(2-1-11(10)8-13)16(21)20-14-5-6-19-15(18)9-14/h1-9H,(H,19,20,21). The van der Waals surface area contributed by atoms with Gasteiger partial charge in [-0.15, -0.1) is 0 Å². The third-order valence-corrected chi connectivity index (χ3v) is 3.75. The van der Waals surface area contributed by atoms with Gasteiger partial charge in [-0.25, -0.2) is 4.98 Å². The van der Waals surface area contributed by atoms with E-state index in [4.69, 9.17) is 11.6 Å². The van der Waals surface area contributed by atoms with Gasteiger partial charge in [0.25, 0.3) is 5.91 Å². The highest BCUT2D eigenvalue weighted by molar-refractivity contribution is 9.10. The quantitative estimate of drug-likeness (QED) is 0.659. The normalized spacial score (nSPS) is 10.6. The maximum absolute atomic E-state index is 12.3. The van der Waals surface area contributed by atoms with Gasteiger partial charge in [-0.1, -0.05) is 39.7 Å². The second-order valence-corrected chi connectivity index (χ2v) is 5.83. The van der Waals surface area contributed by atoms with Crippen LogP contribution in [-0.2, 0) is 0 Å². The van der Waals surface area contributed by atoms with Crippen LogP contribution in [0.4, 0.5) is 5.69 Å². The molecular weight excluding hydrogens is 352 g/mol. The van der Waals surface area contributed by atoms with Crippen molar-refractivity contribution >= 4 is 49.9 Å². The first-order valence-electron chi connectivity index (χ1n) is 6.24. The fourth-order valence-corrected chi connectivity index (χ4v) is 2.59. The summed E-state index contributed by atoms with van der Waals surface area (Å²) in [4.78, 5) is 16.1. The lowest BCUT2D eigenvalue weighted by Gasteiger charge is -2.06. The van der Waals surface area contributed by atoms with Crippen LogP contribution in [-0.4, -0.2) is 10.9 Å². The average molecular weight is 362 g/mol. The fourth-order valence-electron chi connectivity index (χ4n) is 2.04. The molecule has 1 heterocycles. The molecule has 21 heavy (non-hydrogen) atoms. The van der Waals surface area contributed by atoms with Crippen LogP contribution >= 0.6 is 27.5 Å².